The first-order valence-electron chi connectivity index (χ1n) is 8.95. The Morgan fingerprint density at radius 2 is 1.88 bits per heavy atom. The molecule has 0 saturated carbocycles. The van der Waals surface area contributed by atoms with E-state index in [0.29, 0.717) is 24.3 Å². The van der Waals surface area contributed by atoms with Crippen molar-refractivity contribution in [3.8, 4) is 11.5 Å². The van der Waals surface area contributed by atoms with E-state index in [9.17, 15) is 9.90 Å². The molecular formula is C19H30N2O3. The number of nitrogens with zero attached hydrogens (tertiary/aromatic N) is 1. The molecule has 0 aliphatic heterocycles. The van der Waals surface area contributed by atoms with Gasteiger partial charge in [-0.3, -0.25) is 4.79 Å². The summed E-state index contributed by atoms with van der Waals surface area (Å²) in [5.41, 5.74) is 3.01. The number of benzene rings is 1. The topological polar surface area (TPSA) is 70.9 Å². The molecule has 1 aromatic rings. The van der Waals surface area contributed by atoms with Crippen LogP contribution in [0.25, 0.3) is 0 Å². The molecule has 0 aromatic heterocycles. The number of hydrazone groups is 1. The summed E-state index contributed by atoms with van der Waals surface area (Å²) in [6.45, 7) is 4.53. The van der Waals surface area contributed by atoms with Crippen LogP contribution in [0.4, 0.5) is 0 Å². The average molecular weight is 334 g/mol. The largest absolute Gasteiger partial charge is 0.504 e. The SMILES string of the molecule is CCCCCCCCCC(=O)N/N=C/c1cccc(OCC)c1O. The number of aromatic hydroxyl groups is 1. The predicted octanol–water partition coefficient (Wildman–Crippen LogP) is 4.38. The Morgan fingerprint density at radius 3 is 2.58 bits per heavy atom. The van der Waals surface area contributed by atoms with Crippen molar-refractivity contribution in [2.45, 2.75) is 65.2 Å². The van der Waals surface area contributed by atoms with E-state index in [1.54, 1.807) is 18.2 Å². The van der Waals surface area contributed by atoms with E-state index >= 15 is 0 Å². The molecule has 5 nitrogen and oxygen atoms in total. The van der Waals surface area contributed by atoms with Crippen LogP contribution in [0.2, 0.25) is 0 Å². The van der Waals surface area contributed by atoms with Crippen LogP contribution >= 0.6 is 0 Å². The Kier molecular flexibility index (Phi) is 10.3. The highest BCUT2D eigenvalue weighted by Crippen LogP contribution is 2.28. The van der Waals surface area contributed by atoms with E-state index < -0.39 is 0 Å². The van der Waals surface area contributed by atoms with Gasteiger partial charge in [0.25, 0.3) is 0 Å². The normalized spacial score (nSPS) is 10.9. The first-order chi connectivity index (χ1) is 11.7. The number of carbonyl (C=O) groups excluding carboxylic acids is 1. The summed E-state index contributed by atoms with van der Waals surface area (Å²) in [6, 6.07) is 5.17. The number of carbonyl (C=O) groups is 1. The minimum Gasteiger partial charge on any atom is -0.504 e. The minimum atomic E-state index is -0.0970. The zero-order chi connectivity index (χ0) is 17.6. The Bertz CT molecular complexity index is 515. The molecule has 0 aliphatic carbocycles. The van der Waals surface area contributed by atoms with E-state index in [0.717, 1.165) is 12.8 Å². The van der Waals surface area contributed by atoms with Crippen LogP contribution in [0.1, 0.15) is 70.8 Å². The molecule has 1 aromatic carbocycles. The lowest BCUT2D eigenvalue weighted by Gasteiger charge is -2.07. The number of hydrogen-bond donors (Lipinski definition) is 2. The number of nitrogens with one attached hydrogen (secondary N) is 1. The van der Waals surface area contributed by atoms with Crippen LogP contribution in [0.15, 0.2) is 23.3 Å². The van der Waals surface area contributed by atoms with Crippen LogP contribution in [-0.2, 0) is 4.79 Å². The number of para-hydroxylation sites is 1. The third-order valence-electron chi connectivity index (χ3n) is 3.73. The second-order valence-corrected chi connectivity index (χ2v) is 5.79. The van der Waals surface area contributed by atoms with Gasteiger partial charge in [-0.2, -0.15) is 5.10 Å². The number of hydrogen-bond acceptors (Lipinski definition) is 4. The second kappa shape index (κ2) is 12.4. The molecule has 0 aliphatic rings. The van der Waals surface area contributed by atoms with Crippen molar-refractivity contribution in [2.24, 2.45) is 5.10 Å². The number of ether oxygens (including phenoxy) is 1. The minimum absolute atomic E-state index is 0.0319. The quantitative estimate of drug-likeness (QED) is 0.338. The maximum absolute atomic E-state index is 11.7. The summed E-state index contributed by atoms with van der Waals surface area (Å²) in [5, 5.41) is 13.9. The smallest absolute Gasteiger partial charge is 0.240 e. The van der Waals surface area contributed by atoms with E-state index in [1.165, 1.54) is 38.3 Å². The standard InChI is InChI=1S/C19H30N2O3/c1-3-5-6-7-8-9-10-14-18(22)21-20-15-16-12-11-13-17(19(16)23)24-4-2/h11-13,15,23H,3-10,14H2,1-2H3,(H,21,22)/b20-15+. The summed E-state index contributed by atoms with van der Waals surface area (Å²) >= 11 is 0. The summed E-state index contributed by atoms with van der Waals surface area (Å²) in [7, 11) is 0. The highest BCUT2D eigenvalue weighted by atomic mass is 16.5. The van der Waals surface area contributed by atoms with Crippen molar-refractivity contribution in [1.29, 1.82) is 0 Å². The molecule has 0 unspecified atom stereocenters. The van der Waals surface area contributed by atoms with Gasteiger partial charge in [0.05, 0.1) is 12.8 Å². The van der Waals surface area contributed by atoms with E-state index in [4.69, 9.17) is 4.74 Å². The van der Waals surface area contributed by atoms with Crippen LogP contribution in [0.3, 0.4) is 0 Å². The van der Waals surface area contributed by atoms with Crippen molar-refractivity contribution in [2.75, 3.05) is 6.61 Å². The number of unbranched alkanes of at least 4 members (excludes halogenated alkanes) is 6. The Balaban J connectivity index is 2.27. The first kappa shape index (κ1) is 20.0. The average Bonchev–Trinajstić information content (AvgIpc) is 2.57. The molecule has 134 valence electrons. The van der Waals surface area contributed by atoms with Gasteiger partial charge in [0.15, 0.2) is 11.5 Å². The number of rotatable bonds is 12. The van der Waals surface area contributed by atoms with Crippen LogP contribution < -0.4 is 10.2 Å². The van der Waals surface area contributed by atoms with Gasteiger partial charge in [-0.25, -0.2) is 5.43 Å². The number of phenols is 1. The predicted molar refractivity (Wildman–Crippen MR) is 97.6 cm³/mol. The molecule has 0 heterocycles. The van der Waals surface area contributed by atoms with Gasteiger partial charge in [0.1, 0.15) is 0 Å². The van der Waals surface area contributed by atoms with Gasteiger partial charge in [-0.15, -0.1) is 0 Å². The van der Waals surface area contributed by atoms with Gasteiger partial charge in [-0.1, -0.05) is 51.5 Å². The van der Waals surface area contributed by atoms with Gasteiger partial charge in [0, 0.05) is 12.0 Å². The Morgan fingerprint density at radius 1 is 1.17 bits per heavy atom. The Labute approximate surface area is 145 Å². The molecule has 0 fully saturated rings. The summed E-state index contributed by atoms with van der Waals surface area (Å²) in [5.74, 6) is 0.348. The highest BCUT2D eigenvalue weighted by Gasteiger charge is 2.06. The van der Waals surface area contributed by atoms with Crippen molar-refractivity contribution < 1.29 is 14.6 Å². The molecule has 0 atom stereocenters. The maximum atomic E-state index is 11.7. The van der Waals surface area contributed by atoms with Crippen LogP contribution in [0.5, 0.6) is 11.5 Å². The second-order valence-electron chi connectivity index (χ2n) is 5.79. The van der Waals surface area contributed by atoms with Crippen molar-refractivity contribution in [3.05, 3.63) is 23.8 Å². The lowest BCUT2D eigenvalue weighted by Crippen LogP contribution is -2.16. The van der Waals surface area contributed by atoms with Gasteiger partial charge >= 0.3 is 0 Å². The summed E-state index contributed by atoms with van der Waals surface area (Å²) < 4.78 is 5.31. The van der Waals surface area contributed by atoms with Gasteiger partial charge in [-0.05, 0) is 25.5 Å². The zero-order valence-electron chi connectivity index (χ0n) is 14.9. The van der Waals surface area contributed by atoms with Crippen molar-refractivity contribution >= 4 is 12.1 Å². The number of amides is 1. The molecule has 2 N–H and O–H groups in total. The molecule has 0 saturated heterocycles. The fourth-order valence-electron chi connectivity index (χ4n) is 2.39. The summed E-state index contributed by atoms with van der Waals surface area (Å²) in [4.78, 5) is 11.7. The Hall–Kier alpha value is -2.04. The van der Waals surface area contributed by atoms with E-state index in [1.807, 2.05) is 6.92 Å². The summed E-state index contributed by atoms with van der Waals surface area (Å²) in [6.07, 6.45) is 10.2. The highest BCUT2D eigenvalue weighted by molar-refractivity contribution is 5.86. The van der Waals surface area contributed by atoms with E-state index in [-0.39, 0.29) is 11.7 Å². The number of phenolic OH excluding ortho intramolecular Hbond substituents is 1. The third-order valence-corrected chi connectivity index (χ3v) is 3.73. The molecule has 0 bridgehead atoms. The molecule has 5 heteroatoms. The molecular weight excluding hydrogens is 304 g/mol. The van der Waals surface area contributed by atoms with Gasteiger partial charge in [0.2, 0.25) is 5.91 Å². The fourth-order valence-corrected chi connectivity index (χ4v) is 2.39. The van der Waals surface area contributed by atoms with Crippen molar-refractivity contribution in [3.63, 3.8) is 0 Å². The van der Waals surface area contributed by atoms with Crippen molar-refractivity contribution in [1.82, 2.24) is 5.43 Å². The molecule has 1 amide bonds. The molecule has 0 spiro atoms. The molecule has 0 radical (unpaired) electrons. The third kappa shape index (κ3) is 7.99. The molecule has 1 rings (SSSR count). The van der Waals surface area contributed by atoms with Gasteiger partial charge < -0.3 is 9.84 Å². The van der Waals surface area contributed by atoms with Crippen LogP contribution in [-0.4, -0.2) is 23.8 Å². The molecule has 24 heavy (non-hydrogen) atoms. The lowest BCUT2D eigenvalue weighted by molar-refractivity contribution is -0.121. The fraction of sp³-hybridized carbons (Fsp3) is 0.579. The monoisotopic (exact) mass is 334 g/mol. The van der Waals surface area contributed by atoms with E-state index in [2.05, 4.69) is 17.5 Å². The maximum Gasteiger partial charge on any atom is 0.240 e. The van der Waals surface area contributed by atoms with Crippen LogP contribution in [0, 0.1) is 0 Å². The lowest BCUT2D eigenvalue weighted by atomic mass is 10.1. The zero-order valence-corrected chi connectivity index (χ0v) is 14.9. The first-order valence-corrected chi connectivity index (χ1v) is 8.95.